The lowest BCUT2D eigenvalue weighted by molar-refractivity contribution is 0.248. The highest BCUT2D eigenvalue weighted by atomic mass is 15.2. The first kappa shape index (κ1) is 14.4. The van der Waals surface area contributed by atoms with Crippen LogP contribution in [0, 0.1) is 0 Å². The van der Waals surface area contributed by atoms with Gasteiger partial charge in [-0.1, -0.05) is 50.8 Å². The number of unbranched alkanes of at least 4 members (excludes halogenated alkanes) is 4. The molecule has 0 heterocycles. The van der Waals surface area contributed by atoms with Crippen LogP contribution in [0.1, 0.15) is 57.4 Å². The molecule has 2 nitrogen and oxygen atoms in total. The molecule has 2 N–H and O–H groups in total. The molecule has 1 aliphatic rings. The molecule has 0 aromatic heterocycles. The molecule has 0 saturated heterocycles. The Bertz CT molecular complexity index is 371. The van der Waals surface area contributed by atoms with E-state index in [0.29, 0.717) is 0 Å². The molecule has 1 saturated carbocycles. The summed E-state index contributed by atoms with van der Waals surface area (Å²) in [5.74, 6) is 0. The third-order valence-corrected chi connectivity index (χ3v) is 4.04. The third-order valence-electron chi connectivity index (χ3n) is 4.04. The molecule has 19 heavy (non-hydrogen) atoms. The second kappa shape index (κ2) is 7.54. The van der Waals surface area contributed by atoms with Gasteiger partial charge in [0.25, 0.3) is 0 Å². The third kappa shape index (κ3) is 4.87. The van der Waals surface area contributed by atoms with Crippen LogP contribution in [0.25, 0.3) is 0 Å². The maximum atomic E-state index is 6.06. The van der Waals surface area contributed by atoms with E-state index < -0.39 is 0 Å². The lowest BCUT2D eigenvalue weighted by atomic mass is 10.1. The van der Waals surface area contributed by atoms with Gasteiger partial charge in [0.1, 0.15) is 0 Å². The fourth-order valence-corrected chi connectivity index (χ4v) is 2.65. The van der Waals surface area contributed by atoms with Gasteiger partial charge in [0, 0.05) is 18.3 Å². The quantitative estimate of drug-likeness (QED) is 0.532. The van der Waals surface area contributed by atoms with Crippen molar-refractivity contribution in [2.45, 2.75) is 64.5 Å². The van der Waals surface area contributed by atoms with Gasteiger partial charge in [0.05, 0.1) is 0 Å². The summed E-state index contributed by atoms with van der Waals surface area (Å²) >= 11 is 0. The van der Waals surface area contributed by atoms with Crippen molar-refractivity contribution >= 4 is 5.69 Å². The zero-order valence-corrected chi connectivity index (χ0v) is 12.3. The minimum absolute atomic E-state index is 0.825. The number of anilines is 1. The highest BCUT2D eigenvalue weighted by Crippen LogP contribution is 2.29. The van der Waals surface area contributed by atoms with Crippen LogP contribution in [0.3, 0.4) is 0 Å². The Hall–Kier alpha value is -1.02. The predicted octanol–water partition coefficient (Wildman–Crippen LogP) is 4.20. The van der Waals surface area contributed by atoms with Gasteiger partial charge < -0.3 is 5.73 Å². The lowest BCUT2D eigenvalue weighted by Crippen LogP contribution is -2.27. The van der Waals surface area contributed by atoms with Crippen molar-refractivity contribution in [2.75, 3.05) is 12.3 Å². The van der Waals surface area contributed by atoms with Crippen molar-refractivity contribution in [3.8, 4) is 0 Å². The molecule has 0 amide bonds. The lowest BCUT2D eigenvalue weighted by Gasteiger charge is -2.22. The molecule has 1 aromatic rings. The van der Waals surface area contributed by atoms with Crippen LogP contribution in [0.5, 0.6) is 0 Å². The predicted molar refractivity (Wildman–Crippen MR) is 83.0 cm³/mol. The fourth-order valence-electron chi connectivity index (χ4n) is 2.65. The summed E-state index contributed by atoms with van der Waals surface area (Å²) in [5, 5.41) is 0. The number of para-hydroxylation sites is 1. The van der Waals surface area contributed by atoms with Gasteiger partial charge in [-0.2, -0.15) is 0 Å². The number of nitrogens with zero attached hydrogens (tertiary/aromatic N) is 1. The fraction of sp³-hybridized carbons (Fsp3) is 0.647. The largest absolute Gasteiger partial charge is 0.398 e. The Morgan fingerprint density at radius 1 is 1.11 bits per heavy atom. The van der Waals surface area contributed by atoms with Crippen LogP contribution in [0.4, 0.5) is 5.69 Å². The van der Waals surface area contributed by atoms with E-state index in [0.717, 1.165) is 18.3 Å². The van der Waals surface area contributed by atoms with E-state index in [1.807, 2.05) is 12.1 Å². The van der Waals surface area contributed by atoms with Crippen molar-refractivity contribution in [1.29, 1.82) is 0 Å². The normalized spacial score (nSPS) is 15.1. The topological polar surface area (TPSA) is 29.3 Å². The molecule has 2 rings (SSSR count). The Balaban J connectivity index is 1.78. The maximum Gasteiger partial charge on any atom is 0.0359 e. The summed E-state index contributed by atoms with van der Waals surface area (Å²) in [5.41, 5.74) is 8.30. The Labute approximate surface area is 118 Å². The van der Waals surface area contributed by atoms with Gasteiger partial charge in [-0.3, -0.25) is 4.90 Å². The number of benzene rings is 1. The van der Waals surface area contributed by atoms with Gasteiger partial charge in [0.2, 0.25) is 0 Å². The Morgan fingerprint density at radius 2 is 1.84 bits per heavy atom. The van der Waals surface area contributed by atoms with E-state index in [9.17, 15) is 0 Å². The molecule has 1 aromatic carbocycles. The molecular weight excluding hydrogens is 232 g/mol. The molecule has 2 heteroatoms. The molecule has 0 radical (unpaired) electrons. The molecule has 0 atom stereocenters. The van der Waals surface area contributed by atoms with E-state index in [1.165, 1.54) is 57.1 Å². The highest BCUT2D eigenvalue weighted by Gasteiger charge is 2.28. The van der Waals surface area contributed by atoms with Gasteiger partial charge in [-0.25, -0.2) is 0 Å². The first-order valence-electron chi connectivity index (χ1n) is 7.88. The standard InChI is InChI=1S/C17H28N2/c1-2-3-4-5-8-13-19(16-11-12-16)14-15-9-6-7-10-17(15)18/h6-7,9-10,16H,2-5,8,11-14,18H2,1H3. The van der Waals surface area contributed by atoms with Crippen LogP contribution in [0.15, 0.2) is 24.3 Å². The van der Waals surface area contributed by atoms with Crippen LogP contribution in [0.2, 0.25) is 0 Å². The summed E-state index contributed by atoms with van der Waals surface area (Å²) in [7, 11) is 0. The number of hydrogen-bond acceptors (Lipinski definition) is 2. The van der Waals surface area contributed by atoms with Crippen LogP contribution in [-0.2, 0) is 6.54 Å². The molecule has 0 aliphatic heterocycles. The molecular formula is C17H28N2. The molecule has 0 bridgehead atoms. The minimum atomic E-state index is 0.825. The number of nitrogen functional groups attached to an aromatic ring is 1. The van der Waals surface area contributed by atoms with Crippen molar-refractivity contribution in [2.24, 2.45) is 0 Å². The van der Waals surface area contributed by atoms with E-state index in [-0.39, 0.29) is 0 Å². The van der Waals surface area contributed by atoms with E-state index in [4.69, 9.17) is 5.73 Å². The average Bonchev–Trinajstić information content (AvgIpc) is 3.24. The van der Waals surface area contributed by atoms with Gasteiger partial charge in [-0.15, -0.1) is 0 Å². The smallest absolute Gasteiger partial charge is 0.0359 e. The molecule has 1 fully saturated rings. The van der Waals surface area contributed by atoms with Gasteiger partial charge >= 0.3 is 0 Å². The van der Waals surface area contributed by atoms with Crippen LogP contribution < -0.4 is 5.73 Å². The molecule has 0 unspecified atom stereocenters. The van der Waals surface area contributed by atoms with Gasteiger partial charge in [-0.05, 0) is 37.4 Å². The summed E-state index contributed by atoms with van der Waals surface area (Å²) < 4.78 is 0. The van der Waals surface area contributed by atoms with Crippen molar-refractivity contribution < 1.29 is 0 Å². The van der Waals surface area contributed by atoms with Crippen molar-refractivity contribution in [3.63, 3.8) is 0 Å². The summed E-state index contributed by atoms with van der Waals surface area (Å²) in [4.78, 5) is 2.64. The summed E-state index contributed by atoms with van der Waals surface area (Å²) in [6.07, 6.45) is 9.57. The molecule has 0 spiro atoms. The Kier molecular flexibility index (Phi) is 5.71. The monoisotopic (exact) mass is 260 g/mol. The van der Waals surface area contributed by atoms with E-state index in [1.54, 1.807) is 0 Å². The minimum Gasteiger partial charge on any atom is -0.398 e. The average molecular weight is 260 g/mol. The number of nitrogens with two attached hydrogens (primary N) is 1. The second-order valence-electron chi connectivity index (χ2n) is 5.81. The van der Waals surface area contributed by atoms with E-state index >= 15 is 0 Å². The van der Waals surface area contributed by atoms with Crippen molar-refractivity contribution in [3.05, 3.63) is 29.8 Å². The zero-order chi connectivity index (χ0) is 13.5. The first-order chi connectivity index (χ1) is 9.31. The number of hydrogen-bond donors (Lipinski definition) is 1. The van der Waals surface area contributed by atoms with Crippen LogP contribution >= 0.6 is 0 Å². The second-order valence-corrected chi connectivity index (χ2v) is 5.81. The molecule has 106 valence electrons. The summed E-state index contributed by atoms with van der Waals surface area (Å²) in [6, 6.07) is 9.12. The first-order valence-corrected chi connectivity index (χ1v) is 7.88. The van der Waals surface area contributed by atoms with Crippen molar-refractivity contribution in [1.82, 2.24) is 4.90 Å². The SMILES string of the molecule is CCCCCCCN(Cc1ccccc1N)C1CC1. The zero-order valence-electron chi connectivity index (χ0n) is 12.3. The summed E-state index contributed by atoms with van der Waals surface area (Å²) in [6.45, 7) is 4.54. The van der Waals surface area contributed by atoms with Crippen LogP contribution in [-0.4, -0.2) is 17.5 Å². The Morgan fingerprint density at radius 3 is 2.53 bits per heavy atom. The molecule has 1 aliphatic carbocycles. The number of rotatable bonds is 9. The van der Waals surface area contributed by atoms with E-state index in [2.05, 4.69) is 24.0 Å². The van der Waals surface area contributed by atoms with Gasteiger partial charge in [0.15, 0.2) is 0 Å². The maximum absolute atomic E-state index is 6.06. The highest BCUT2D eigenvalue weighted by molar-refractivity contribution is 5.46.